The molecule has 1 rings (SSSR count). The minimum absolute atomic E-state index is 0.00692. The zero-order chi connectivity index (χ0) is 13.5. The van der Waals surface area contributed by atoms with E-state index in [1.54, 1.807) is 12.1 Å². The summed E-state index contributed by atoms with van der Waals surface area (Å²) in [6.45, 7) is 3.82. The van der Waals surface area contributed by atoms with Crippen LogP contribution in [0.25, 0.3) is 0 Å². The maximum Gasteiger partial charge on any atom is 0.220 e. The molecule has 0 saturated carbocycles. The van der Waals surface area contributed by atoms with E-state index in [0.717, 1.165) is 18.4 Å². The van der Waals surface area contributed by atoms with Crippen LogP contribution in [-0.4, -0.2) is 11.9 Å². The average Bonchev–Trinajstić information content (AvgIpc) is 2.29. The Labute approximate surface area is 108 Å². The largest absolute Gasteiger partial charge is 0.350 e. The van der Waals surface area contributed by atoms with Crippen LogP contribution in [0.5, 0.6) is 0 Å². The predicted octanol–water partition coefficient (Wildman–Crippen LogP) is 2.52. The van der Waals surface area contributed by atoms with E-state index in [2.05, 4.69) is 5.32 Å². The minimum atomic E-state index is -0.269. The molecular formula is C14H21FN2O. The smallest absolute Gasteiger partial charge is 0.220 e. The third-order valence-corrected chi connectivity index (χ3v) is 2.81. The zero-order valence-corrected chi connectivity index (χ0v) is 10.9. The Morgan fingerprint density at radius 3 is 2.50 bits per heavy atom. The van der Waals surface area contributed by atoms with Crippen molar-refractivity contribution in [1.82, 2.24) is 5.32 Å². The number of carbonyl (C=O) groups is 1. The number of benzene rings is 1. The maximum atomic E-state index is 12.8. The summed E-state index contributed by atoms with van der Waals surface area (Å²) in [6, 6.07) is 6.19. The molecular weight excluding hydrogens is 231 g/mol. The fourth-order valence-electron chi connectivity index (χ4n) is 1.73. The van der Waals surface area contributed by atoms with Crippen LogP contribution in [0.1, 0.15) is 44.7 Å². The van der Waals surface area contributed by atoms with Crippen LogP contribution in [-0.2, 0) is 4.79 Å². The normalized spacial score (nSPS) is 14.0. The molecule has 0 spiro atoms. The first kappa shape index (κ1) is 14.6. The highest BCUT2D eigenvalue weighted by atomic mass is 19.1. The van der Waals surface area contributed by atoms with Gasteiger partial charge in [0.25, 0.3) is 0 Å². The summed E-state index contributed by atoms with van der Waals surface area (Å²) < 4.78 is 12.8. The summed E-state index contributed by atoms with van der Waals surface area (Å²) in [5.74, 6) is -0.262. The number of rotatable bonds is 6. The van der Waals surface area contributed by atoms with Gasteiger partial charge in [0.2, 0.25) is 5.91 Å². The molecule has 1 unspecified atom stereocenters. The van der Waals surface area contributed by atoms with Crippen molar-refractivity contribution in [2.45, 2.75) is 45.2 Å². The van der Waals surface area contributed by atoms with Crippen molar-refractivity contribution in [2.24, 2.45) is 5.73 Å². The van der Waals surface area contributed by atoms with Crippen LogP contribution >= 0.6 is 0 Å². The minimum Gasteiger partial charge on any atom is -0.350 e. The van der Waals surface area contributed by atoms with Gasteiger partial charge >= 0.3 is 0 Å². The summed E-state index contributed by atoms with van der Waals surface area (Å²) in [4.78, 5) is 11.6. The molecule has 0 aromatic heterocycles. The van der Waals surface area contributed by atoms with Gasteiger partial charge in [0.15, 0.2) is 0 Å². The molecule has 0 aliphatic rings. The van der Waals surface area contributed by atoms with E-state index in [1.165, 1.54) is 12.1 Å². The van der Waals surface area contributed by atoms with E-state index < -0.39 is 0 Å². The molecule has 0 heterocycles. The second-order valence-electron chi connectivity index (χ2n) is 4.71. The number of nitrogens with two attached hydrogens (primary N) is 1. The lowest BCUT2D eigenvalue weighted by atomic mass is 10.1. The van der Waals surface area contributed by atoms with Crippen molar-refractivity contribution in [2.75, 3.05) is 0 Å². The van der Waals surface area contributed by atoms with Gasteiger partial charge in [0, 0.05) is 12.5 Å². The van der Waals surface area contributed by atoms with E-state index >= 15 is 0 Å². The van der Waals surface area contributed by atoms with Crippen LogP contribution in [0.2, 0.25) is 0 Å². The summed E-state index contributed by atoms with van der Waals surface area (Å²) >= 11 is 0. The Kier molecular flexibility index (Phi) is 5.78. The Morgan fingerprint density at radius 1 is 1.33 bits per heavy atom. The zero-order valence-electron chi connectivity index (χ0n) is 10.9. The third kappa shape index (κ3) is 5.27. The molecule has 1 aromatic rings. The molecule has 1 amide bonds. The molecule has 0 aliphatic carbocycles. The molecule has 4 heteroatoms. The van der Waals surface area contributed by atoms with Gasteiger partial charge in [-0.05, 0) is 44.4 Å². The fourth-order valence-corrected chi connectivity index (χ4v) is 1.73. The Hall–Kier alpha value is -1.42. The molecule has 0 saturated heterocycles. The standard InChI is InChI=1S/C14H21FN2O/c1-10(16)4-3-5-14(18)17-11(2)12-6-8-13(15)9-7-12/h6-11H,3-5,16H2,1-2H3,(H,17,18)/t10?,11-/m1/s1. The molecule has 100 valence electrons. The summed E-state index contributed by atoms with van der Waals surface area (Å²) in [7, 11) is 0. The van der Waals surface area contributed by atoms with Crippen molar-refractivity contribution in [1.29, 1.82) is 0 Å². The molecule has 3 N–H and O–H groups in total. The summed E-state index contributed by atoms with van der Waals surface area (Å²) in [5.41, 5.74) is 6.52. The SMILES string of the molecule is CC(N)CCCC(=O)N[C@H](C)c1ccc(F)cc1. The highest BCUT2D eigenvalue weighted by Gasteiger charge is 2.09. The third-order valence-electron chi connectivity index (χ3n) is 2.81. The van der Waals surface area contributed by atoms with Gasteiger partial charge in [-0.15, -0.1) is 0 Å². The lowest BCUT2D eigenvalue weighted by molar-refractivity contribution is -0.121. The van der Waals surface area contributed by atoms with Crippen LogP contribution < -0.4 is 11.1 Å². The van der Waals surface area contributed by atoms with Gasteiger partial charge in [0.1, 0.15) is 5.82 Å². The number of nitrogens with one attached hydrogen (secondary N) is 1. The predicted molar refractivity (Wildman–Crippen MR) is 70.5 cm³/mol. The van der Waals surface area contributed by atoms with E-state index in [1.807, 2.05) is 13.8 Å². The van der Waals surface area contributed by atoms with Crippen molar-refractivity contribution < 1.29 is 9.18 Å². The molecule has 0 fully saturated rings. The first-order valence-corrected chi connectivity index (χ1v) is 6.29. The topological polar surface area (TPSA) is 55.1 Å². The molecule has 0 radical (unpaired) electrons. The first-order chi connectivity index (χ1) is 8.49. The molecule has 2 atom stereocenters. The van der Waals surface area contributed by atoms with Crippen LogP contribution in [0.4, 0.5) is 4.39 Å². The van der Waals surface area contributed by atoms with E-state index in [-0.39, 0.29) is 23.8 Å². The van der Waals surface area contributed by atoms with E-state index in [9.17, 15) is 9.18 Å². The molecule has 1 aromatic carbocycles. The number of hydrogen-bond acceptors (Lipinski definition) is 2. The van der Waals surface area contributed by atoms with Crippen molar-refractivity contribution >= 4 is 5.91 Å². The van der Waals surface area contributed by atoms with Gasteiger partial charge < -0.3 is 11.1 Å². The fraction of sp³-hybridized carbons (Fsp3) is 0.500. The number of carbonyl (C=O) groups excluding carboxylic acids is 1. The van der Waals surface area contributed by atoms with Gasteiger partial charge in [-0.3, -0.25) is 4.79 Å². The van der Waals surface area contributed by atoms with E-state index in [4.69, 9.17) is 5.73 Å². The molecule has 0 aliphatic heterocycles. The highest BCUT2D eigenvalue weighted by Crippen LogP contribution is 2.13. The molecule has 3 nitrogen and oxygen atoms in total. The van der Waals surface area contributed by atoms with Crippen LogP contribution in [0.15, 0.2) is 24.3 Å². The highest BCUT2D eigenvalue weighted by molar-refractivity contribution is 5.76. The van der Waals surface area contributed by atoms with E-state index in [0.29, 0.717) is 6.42 Å². The van der Waals surface area contributed by atoms with Gasteiger partial charge in [0.05, 0.1) is 6.04 Å². The Morgan fingerprint density at radius 2 is 1.94 bits per heavy atom. The quantitative estimate of drug-likeness (QED) is 0.817. The number of halogens is 1. The lowest BCUT2D eigenvalue weighted by Gasteiger charge is -2.14. The van der Waals surface area contributed by atoms with Gasteiger partial charge in [-0.1, -0.05) is 12.1 Å². The lowest BCUT2D eigenvalue weighted by Crippen LogP contribution is -2.26. The number of hydrogen-bond donors (Lipinski definition) is 2. The molecule has 0 bridgehead atoms. The van der Waals surface area contributed by atoms with Crippen molar-refractivity contribution in [3.63, 3.8) is 0 Å². The summed E-state index contributed by atoms with van der Waals surface area (Å²) in [6.07, 6.45) is 2.12. The maximum absolute atomic E-state index is 12.8. The van der Waals surface area contributed by atoms with Crippen molar-refractivity contribution in [3.8, 4) is 0 Å². The second kappa shape index (κ2) is 7.11. The van der Waals surface area contributed by atoms with Gasteiger partial charge in [-0.2, -0.15) is 0 Å². The summed E-state index contributed by atoms with van der Waals surface area (Å²) in [5, 5.41) is 2.89. The monoisotopic (exact) mass is 252 g/mol. The molecule has 18 heavy (non-hydrogen) atoms. The van der Waals surface area contributed by atoms with Crippen LogP contribution in [0.3, 0.4) is 0 Å². The Bertz CT molecular complexity index is 376. The van der Waals surface area contributed by atoms with Crippen LogP contribution in [0, 0.1) is 5.82 Å². The van der Waals surface area contributed by atoms with Crippen molar-refractivity contribution in [3.05, 3.63) is 35.6 Å². The Balaban J connectivity index is 2.37. The van der Waals surface area contributed by atoms with Gasteiger partial charge in [-0.25, -0.2) is 4.39 Å². The second-order valence-corrected chi connectivity index (χ2v) is 4.71. The average molecular weight is 252 g/mol. The first-order valence-electron chi connectivity index (χ1n) is 6.29. The number of amides is 1.